The van der Waals surface area contributed by atoms with Gasteiger partial charge >= 0.3 is 0 Å². The number of pyridine rings is 1. The third-order valence-electron chi connectivity index (χ3n) is 5.10. The molecule has 0 fully saturated rings. The first-order valence-corrected chi connectivity index (χ1v) is 10.6. The van der Waals surface area contributed by atoms with Crippen molar-refractivity contribution in [1.82, 2.24) is 20.1 Å². The summed E-state index contributed by atoms with van der Waals surface area (Å²) in [4.78, 5) is 16.8. The lowest BCUT2D eigenvalue weighted by Gasteiger charge is -2.10. The summed E-state index contributed by atoms with van der Waals surface area (Å²) >= 11 is 0. The zero-order chi connectivity index (χ0) is 22.3. The highest BCUT2D eigenvalue weighted by Crippen LogP contribution is 2.16. The number of nitrogens with one attached hydrogen (secondary N) is 1. The van der Waals surface area contributed by atoms with Crippen molar-refractivity contribution in [2.75, 3.05) is 0 Å². The van der Waals surface area contributed by atoms with Gasteiger partial charge < -0.3 is 10.1 Å². The summed E-state index contributed by atoms with van der Waals surface area (Å²) in [6.07, 6.45) is 3.49. The Labute approximate surface area is 187 Å². The third kappa shape index (κ3) is 5.60. The van der Waals surface area contributed by atoms with Crippen LogP contribution >= 0.6 is 0 Å². The number of amides is 1. The molecule has 6 heteroatoms. The fourth-order valence-corrected chi connectivity index (χ4v) is 3.51. The Balaban J connectivity index is 1.35. The van der Waals surface area contributed by atoms with Crippen molar-refractivity contribution >= 4 is 5.91 Å². The van der Waals surface area contributed by atoms with Crippen LogP contribution in [-0.4, -0.2) is 20.7 Å². The molecule has 2 aromatic carbocycles. The van der Waals surface area contributed by atoms with E-state index in [1.807, 2.05) is 48.0 Å². The van der Waals surface area contributed by atoms with Gasteiger partial charge in [-0.3, -0.25) is 14.5 Å². The van der Waals surface area contributed by atoms with Crippen molar-refractivity contribution in [1.29, 1.82) is 0 Å². The van der Waals surface area contributed by atoms with Crippen molar-refractivity contribution in [3.8, 4) is 5.75 Å². The fourth-order valence-electron chi connectivity index (χ4n) is 3.51. The number of carbonyl (C=O) groups is 1. The van der Waals surface area contributed by atoms with Gasteiger partial charge in [-0.1, -0.05) is 36.4 Å². The molecule has 4 rings (SSSR count). The Kier molecular flexibility index (Phi) is 6.60. The maximum Gasteiger partial charge on any atom is 0.251 e. The van der Waals surface area contributed by atoms with Gasteiger partial charge in [-0.2, -0.15) is 5.10 Å². The molecule has 2 heterocycles. The number of hydrogen-bond donors (Lipinski definition) is 1. The number of rotatable bonds is 8. The normalized spacial score (nSPS) is 10.7. The summed E-state index contributed by atoms with van der Waals surface area (Å²) in [5.41, 5.74) is 5.87. The van der Waals surface area contributed by atoms with Gasteiger partial charge in [0.2, 0.25) is 0 Å². The molecule has 0 saturated heterocycles. The minimum atomic E-state index is -0.138. The number of aryl methyl sites for hydroxylation is 2. The largest absolute Gasteiger partial charge is 0.489 e. The van der Waals surface area contributed by atoms with E-state index in [9.17, 15) is 4.79 Å². The first-order valence-electron chi connectivity index (χ1n) is 10.6. The SMILES string of the molecule is Cc1cc(C)n(Cc2cccc(CNC(=O)c3cccc(OCc4cccnc4)c3)c2)n1. The smallest absolute Gasteiger partial charge is 0.251 e. The molecule has 0 spiro atoms. The first kappa shape index (κ1) is 21.3. The highest BCUT2D eigenvalue weighted by molar-refractivity contribution is 5.94. The van der Waals surface area contributed by atoms with Crippen LogP contribution in [0.4, 0.5) is 0 Å². The standard InChI is InChI=1S/C26H26N4O2/c1-19-12-20(2)30(29-19)17-22-7-3-6-21(13-22)16-28-26(31)24-9-4-10-25(14-24)32-18-23-8-5-11-27-15-23/h3-15H,16-18H2,1-2H3,(H,28,31). The summed E-state index contributed by atoms with van der Waals surface area (Å²) < 4.78 is 7.79. The van der Waals surface area contributed by atoms with Crippen molar-refractivity contribution < 1.29 is 9.53 Å². The van der Waals surface area contributed by atoms with Gasteiger partial charge in [-0.15, -0.1) is 0 Å². The maximum absolute atomic E-state index is 12.7. The lowest BCUT2D eigenvalue weighted by molar-refractivity contribution is 0.0950. The fraction of sp³-hybridized carbons (Fsp3) is 0.192. The van der Waals surface area contributed by atoms with Crippen LogP contribution in [0.15, 0.2) is 79.1 Å². The summed E-state index contributed by atoms with van der Waals surface area (Å²) in [6.45, 7) is 5.61. The highest BCUT2D eigenvalue weighted by Gasteiger charge is 2.08. The zero-order valence-electron chi connectivity index (χ0n) is 18.3. The minimum Gasteiger partial charge on any atom is -0.489 e. The quantitative estimate of drug-likeness (QED) is 0.452. The number of nitrogens with zero attached hydrogens (tertiary/aromatic N) is 3. The Hall–Kier alpha value is -3.93. The van der Waals surface area contributed by atoms with Crippen molar-refractivity contribution in [3.63, 3.8) is 0 Å². The van der Waals surface area contributed by atoms with Crippen LogP contribution in [0.5, 0.6) is 5.75 Å². The maximum atomic E-state index is 12.7. The van der Waals surface area contributed by atoms with Gasteiger partial charge in [0.05, 0.1) is 12.2 Å². The monoisotopic (exact) mass is 426 g/mol. The van der Waals surface area contributed by atoms with E-state index in [4.69, 9.17) is 4.74 Å². The zero-order valence-corrected chi connectivity index (χ0v) is 18.3. The number of aromatic nitrogens is 3. The molecule has 0 aliphatic heterocycles. The summed E-state index contributed by atoms with van der Waals surface area (Å²) in [7, 11) is 0. The molecule has 32 heavy (non-hydrogen) atoms. The number of benzene rings is 2. The Bertz CT molecular complexity index is 1200. The van der Waals surface area contributed by atoms with Crippen molar-refractivity contribution in [2.45, 2.75) is 33.5 Å². The molecule has 0 aliphatic carbocycles. The van der Waals surface area contributed by atoms with Crippen LogP contribution in [0.2, 0.25) is 0 Å². The predicted molar refractivity (Wildman–Crippen MR) is 123 cm³/mol. The molecule has 0 radical (unpaired) electrons. The molecular formula is C26H26N4O2. The van der Waals surface area contributed by atoms with E-state index >= 15 is 0 Å². The Morgan fingerprint density at radius 2 is 1.78 bits per heavy atom. The molecule has 0 aliphatic rings. The van der Waals surface area contributed by atoms with E-state index in [2.05, 4.69) is 40.5 Å². The predicted octanol–water partition coefficient (Wildman–Crippen LogP) is 4.45. The van der Waals surface area contributed by atoms with Crippen LogP contribution in [0.25, 0.3) is 0 Å². The van der Waals surface area contributed by atoms with E-state index in [1.54, 1.807) is 24.5 Å². The highest BCUT2D eigenvalue weighted by atomic mass is 16.5. The van der Waals surface area contributed by atoms with Crippen LogP contribution in [-0.2, 0) is 19.7 Å². The average molecular weight is 427 g/mol. The second-order valence-corrected chi connectivity index (χ2v) is 7.77. The molecule has 0 atom stereocenters. The number of carbonyl (C=O) groups excluding carboxylic acids is 1. The molecule has 6 nitrogen and oxygen atoms in total. The van der Waals surface area contributed by atoms with E-state index in [1.165, 1.54) is 0 Å². The van der Waals surface area contributed by atoms with E-state index < -0.39 is 0 Å². The van der Waals surface area contributed by atoms with Crippen molar-refractivity contribution in [2.24, 2.45) is 0 Å². The molecule has 1 N–H and O–H groups in total. The lowest BCUT2D eigenvalue weighted by Crippen LogP contribution is -2.22. The lowest BCUT2D eigenvalue weighted by atomic mass is 10.1. The summed E-state index contributed by atoms with van der Waals surface area (Å²) in [6, 6.07) is 21.3. The number of ether oxygens (including phenoxy) is 1. The van der Waals surface area contributed by atoms with Gasteiger partial charge in [-0.05, 0) is 55.3 Å². The van der Waals surface area contributed by atoms with E-state index in [-0.39, 0.29) is 5.91 Å². The van der Waals surface area contributed by atoms with Gasteiger partial charge in [0.1, 0.15) is 12.4 Å². The van der Waals surface area contributed by atoms with Gasteiger partial charge in [-0.25, -0.2) is 0 Å². The average Bonchev–Trinajstić information content (AvgIpc) is 3.13. The molecule has 1 amide bonds. The van der Waals surface area contributed by atoms with Crippen LogP contribution < -0.4 is 10.1 Å². The second-order valence-electron chi connectivity index (χ2n) is 7.77. The molecule has 4 aromatic rings. The minimum absolute atomic E-state index is 0.138. The molecule has 2 aromatic heterocycles. The van der Waals surface area contributed by atoms with Crippen molar-refractivity contribution in [3.05, 3.63) is 113 Å². The Morgan fingerprint density at radius 3 is 2.56 bits per heavy atom. The molecule has 162 valence electrons. The van der Waals surface area contributed by atoms with Gasteiger partial charge in [0.25, 0.3) is 5.91 Å². The first-order chi connectivity index (χ1) is 15.6. The Morgan fingerprint density at radius 1 is 0.969 bits per heavy atom. The van der Waals surface area contributed by atoms with Crippen LogP contribution in [0, 0.1) is 13.8 Å². The second kappa shape index (κ2) is 9.92. The molecular weight excluding hydrogens is 400 g/mol. The topological polar surface area (TPSA) is 69.0 Å². The van der Waals surface area contributed by atoms with Gasteiger partial charge in [0, 0.05) is 35.8 Å². The molecule has 0 bridgehead atoms. The summed E-state index contributed by atoms with van der Waals surface area (Å²) in [5, 5.41) is 7.52. The number of hydrogen-bond acceptors (Lipinski definition) is 4. The summed E-state index contributed by atoms with van der Waals surface area (Å²) in [5.74, 6) is 0.508. The molecule has 0 saturated carbocycles. The van der Waals surface area contributed by atoms with Crippen LogP contribution in [0.3, 0.4) is 0 Å². The van der Waals surface area contributed by atoms with Crippen LogP contribution in [0.1, 0.15) is 38.4 Å². The third-order valence-corrected chi connectivity index (χ3v) is 5.10. The molecule has 0 unspecified atom stereocenters. The van der Waals surface area contributed by atoms with E-state index in [0.717, 1.165) is 28.1 Å². The van der Waals surface area contributed by atoms with E-state index in [0.29, 0.717) is 31.0 Å². The van der Waals surface area contributed by atoms with Gasteiger partial charge in [0.15, 0.2) is 0 Å².